The minimum absolute atomic E-state index is 0.111. The van der Waals surface area contributed by atoms with E-state index in [1.54, 1.807) is 0 Å². The van der Waals surface area contributed by atoms with Crippen LogP contribution < -0.4 is 0 Å². The van der Waals surface area contributed by atoms with E-state index in [4.69, 9.17) is 14.2 Å². The fourth-order valence-corrected chi connectivity index (χ4v) is 5.96. The summed E-state index contributed by atoms with van der Waals surface area (Å²) in [6.07, 6.45) is 2.14. The lowest BCUT2D eigenvalue weighted by atomic mass is 9.44. The van der Waals surface area contributed by atoms with Gasteiger partial charge in [0.1, 0.15) is 6.54 Å². The summed E-state index contributed by atoms with van der Waals surface area (Å²) >= 11 is 0. The van der Waals surface area contributed by atoms with E-state index in [0.29, 0.717) is 18.4 Å². The molecule has 0 aromatic rings. The molecule has 0 aromatic carbocycles. The van der Waals surface area contributed by atoms with E-state index in [2.05, 4.69) is 54.6 Å². The molecule has 0 unspecified atom stereocenters. The summed E-state index contributed by atoms with van der Waals surface area (Å²) in [5.41, 5.74) is 0.985. The van der Waals surface area contributed by atoms with Crippen LogP contribution in [0.5, 0.6) is 0 Å². The van der Waals surface area contributed by atoms with Crippen molar-refractivity contribution >= 4 is 20.0 Å². The number of hydrogen-bond acceptors (Lipinski definition) is 4. The molecular formula is C20H37NO3Si. The smallest absolute Gasteiger partial charge is 0.327 e. The van der Waals surface area contributed by atoms with Gasteiger partial charge in [-0.25, -0.2) is 0 Å². The quantitative estimate of drug-likeness (QED) is 0.516. The van der Waals surface area contributed by atoms with Gasteiger partial charge in [0.25, 0.3) is 0 Å². The molecule has 0 radical (unpaired) electrons. The van der Waals surface area contributed by atoms with Crippen molar-refractivity contribution in [1.82, 2.24) is 0 Å². The zero-order chi connectivity index (χ0) is 19.3. The van der Waals surface area contributed by atoms with Gasteiger partial charge in [-0.2, -0.15) is 0 Å². The van der Waals surface area contributed by atoms with Gasteiger partial charge < -0.3 is 9.16 Å². The van der Waals surface area contributed by atoms with Gasteiger partial charge in [0.2, 0.25) is 0 Å². The Morgan fingerprint density at radius 2 is 1.88 bits per heavy atom. The summed E-state index contributed by atoms with van der Waals surface area (Å²) in [4.78, 5) is 16.5. The van der Waals surface area contributed by atoms with E-state index < -0.39 is 8.32 Å². The number of fused-ring (bicyclic) bond motifs is 2. The Morgan fingerprint density at radius 1 is 1.28 bits per heavy atom. The van der Waals surface area contributed by atoms with Crippen molar-refractivity contribution in [1.29, 1.82) is 0 Å². The molecule has 3 rings (SSSR count). The van der Waals surface area contributed by atoms with E-state index in [0.717, 1.165) is 12.1 Å². The first-order chi connectivity index (χ1) is 11.3. The minimum Gasteiger partial charge on any atom is -0.465 e. The molecule has 0 amide bonds. The van der Waals surface area contributed by atoms with E-state index in [-0.39, 0.29) is 28.6 Å². The Hall–Kier alpha value is -0.683. The third-order valence-electron chi connectivity index (χ3n) is 7.13. The van der Waals surface area contributed by atoms with Gasteiger partial charge in [0.15, 0.2) is 8.32 Å². The summed E-state index contributed by atoms with van der Waals surface area (Å²) in [6.45, 7) is 20.7. The van der Waals surface area contributed by atoms with Crippen molar-refractivity contribution in [3.63, 3.8) is 0 Å². The van der Waals surface area contributed by atoms with Crippen molar-refractivity contribution in [2.75, 3.05) is 13.2 Å². The van der Waals surface area contributed by atoms with Crippen molar-refractivity contribution in [2.24, 2.45) is 22.2 Å². The van der Waals surface area contributed by atoms with Gasteiger partial charge in [0, 0.05) is 5.71 Å². The standard InChI is InChI=1S/C20H37NO3Si/c1-10-23-17(22)13-21-16-12-14-11-15(19(14,5)6)20(16,7)24-25(8,9)18(2,3)4/h14-15H,10-13H2,1-9H3/t14-,15-,20-/m0/s1. The van der Waals surface area contributed by atoms with Gasteiger partial charge in [-0.05, 0) is 62.1 Å². The van der Waals surface area contributed by atoms with Crippen molar-refractivity contribution in [2.45, 2.75) is 85.0 Å². The van der Waals surface area contributed by atoms with Crippen molar-refractivity contribution < 1.29 is 14.0 Å². The maximum absolute atomic E-state index is 11.8. The Bertz CT molecular complexity index is 562. The zero-order valence-electron chi connectivity index (χ0n) is 17.7. The Morgan fingerprint density at radius 3 is 2.36 bits per heavy atom. The average Bonchev–Trinajstić information content (AvgIpc) is 2.43. The summed E-state index contributed by atoms with van der Waals surface area (Å²) in [5.74, 6) is 0.867. The second kappa shape index (κ2) is 6.49. The third kappa shape index (κ3) is 3.59. The van der Waals surface area contributed by atoms with E-state index in [1.807, 2.05) is 6.92 Å². The molecule has 0 spiro atoms. The maximum Gasteiger partial charge on any atom is 0.327 e. The molecule has 0 aromatic heterocycles. The normalized spacial score (nSPS) is 33.1. The predicted molar refractivity (Wildman–Crippen MR) is 106 cm³/mol. The van der Waals surface area contributed by atoms with Crippen molar-refractivity contribution in [3.8, 4) is 0 Å². The van der Waals surface area contributed by atoms with Crippen LogP contribution >= 0.6 is 0 Å². The molecule has 0 heterocycles. The highest BCUT2D eigenvalue weighted by molar-refractivity contribution is 6.74. The Balaban J connectivity index is 2.33. The van der Waals surface area contributed by atoms with E-state index >= 15 is 0 Å². The monoisotopic (exact) mass is 367 g/mol. The van der Waals surface area contributed by atoms with Crippen LogP contribution in [-0.2, 0) is 14.0 Å². The molecule has 5 heteroatoms. The highest BCUT2D eigenvalue weighted by Gasteiger charge is 2.64. The molecule has 25 heavy (non-hydrogen) atoms. The average molecular weight is 368 g/mol. The van der Waals surface area contributed by atoms with Gasteiger partial charge in [0.05, 0.1) is 12.2 Å². The number of nitrogens with zero attached hydrogens (tertiary/aromatic N) is 1. The van der Waals surface area contributed by atoms with Crippen LogP contribution in [0.3, 0.4) is 0 Å². The first kappa shape index (κ1) is 20.6. The number of aliphatic imine (C=N–C) groups is 1. The fraction of sp³-hybridized carbons (Fsp3) is 0.900. The molecular weight excluding hydrogens is 330 g/mol. The Labute approximate surface area is 154 Å². The second-order valence-corrected chi connectivity index (χ2v) is 14.8. The largest absolute Gasteiger partial charge is 0.465 e. The van der Waals surface area contributed by atoms with Crippen LogP contribution in [0, 0.1) is 17.3 Å². The molecule has 4 nitrogen and oxygen atoms in total. The maximum atomic E-state index is 11.8. The first-order valence-electron chi connectivity index (χ1n) is 9.65. The molecule has 3 aliphatic carbocycles. The molecule has 3 atom stereocenters. The number of ether oxygens (including phenoxy) is 1. The molecule has 0 saturated heterocycles. The summed E-state index contributed by atoms with van der Waals surface area (Å²) < 4.78 is 12.0. The topological polar surface area (TPSA) is 47.9 Å². The van der Waals surface area contributed by atoms with Gasteiger partial charge in [-0.3, -0.25) is 9.79 Å². The van der Waals surface area contributed by atoms with Gasteiger partial charge in [-0.15, -0.1) is 0 Å². The van der Waals surface area contributed by atoms with Gasteiger partial charge >= 0.3 is 5.97 Å². The summed E-state index contributed by atoms with van der Waals surface area (Å²) in [5, 5.41) is 0.146. The molecule has 3 aliphatic rings. The third-order valence-corrected chi connectivity index (χ3v) is 11.7. The van der Waals surface area contributed by atoms with E-state index in [1.165, 1.54) is 6.42 Å². The predicted octanol–water partition coefficient (Wildman–Crippen LogP) is 4.84. The van der Waals surface area contributed by atoms with Crippen LogP contribution in [0.2, 0.25) is 18.1 Å². The zero-order valence-corrected chi connectivity index (χ0v) is 18.7. The van der Waals surface area contributed by atoms with Crippen LogP contribution in [0.4, 0.5) is 0 Å². The molecule has 3 fully saturated rings. The van der Waals surface area contributed by atoms with E-state index in [9.17, 15) is 4.79 Å². The lowest BCUT2D eigenvalue weighted by Crippen LogP contribution is -2.68. The number of rotatable bonds is 5. The highest BCUT2D eigenvalue weighted by Crippen LogP contribution is 2.63. The second-order valence-electron chi connectivity index (χ2n) is 10.0. The molecule has 144 valence electrons. The molecule has 2 bridgehead atoms. The van der Waals surface area contributed by atoms with Crippen LogP contribution in [-0.4, -0.2) is 38.8 Å². The number of hydrogen-bond donors (Lipinski definition) is 0. The van der Waals surface area contributed by atoms with Crippen LogP contribution in [0.25, 0.3) is 0 Å². The first-order valence-corrected chi connectivity index (χ1v) is 12.6. The van der Waals surface area contributed by atoms with Crippen LogP contribution in [0.15, 0.2) is 4.99 Å². The Kier molecular flexibility index (Phi) is 5.35. The number of esters is 1. The number of carbonyl (C=O) groups excluding carboxylic acids is 1. The fourth-order valence-electron chi connectivity index (χ4n) is 4.34. The minimum atomic E-state index is -1.95. The van der Waals surface area contributed by atoms with Crippen LogP contribution in [0.1, 0.15) is 61.3 Å². The summed E-state index contributed by atoms with van der Waals surface area (Å²) in [6, 6.07) is 0. The number of carbonyl (C=O) groups is 1. The molecule has 3 saturated carbocycles. The molecule has 0 N–H and O–H groups in total. The SMILES string of the molecule is CCOC(=O)CN=C1C[C@@H]2C[C@@H](C2(C)C)[C@]1(C)O[Si](C)(C)C(C)(C)C. The highest BCUT2D eigenvalue weighted by atomic mass is 28.4. The van der Waals surface area contributed by atoms with Gasteiger partial charge in [-0.1, -0.05) is 34.6 Å². The van der Waals surface area contributed by atoms with Crippen molar-refractivity contribution in [3.05, 3.63) is 0 Å². The lowest BCUT2D eigenvalue weighted by Gasteiger charge is -2.65. The molecule has 0 aliphatic heterocycles. The summed E-state index contributed by atoms with van der Waals surface area (Å²) in [7, 11) is -1.95. The lowest BCUT2D eigenvalue weighted by molar-refractivity contribution is -0.141.